The smallest absolute Gasteiger partial charge is 0.274 e. The van der Waals surface area contributed by atoms with Crippen molar-refractivity contribution in [3.63, 3.8) is 0 Å². The Labute approximate surface area is 129 Å². The van der Waals surface area contributed by atoms with Crippen molar-refractivity contribution < 1.29 is 9.59 Å². The third-order valence-corrected chi connectivity index (χ3v) is 4.16. The molecule has 0 unspecified atom stereocenters. The van der Waals surface area contributed by atoms with Crippen LogP contribution in [0.4, 0.5) is 11.4 Å². The summed E-state index contributed by atoms with van der Waals surface area (Å²) in [6, 6.07) is 7.32. The van der Waals surface area contributed by atoms with Crippen LogP contribution in [-0.4, -0.2) is 22.8 Å². The predicted octanol–water partition coefficient (Wildman–Crippen LogP) is 2.40. The van der Waals surface area contributed by atoms with E-state index in [0.29, 0.717) is 17.8 Å². The zero-order valence-corrected chi connectivity index (χ0v) is 12.8. The normalized spacial score (nSPS) is 13.8. The molecule has 0 saturated heterocycles. The number of nitrogens with zero attached hydrogens (tertiary/aromatic N) is 2. The number of nitrogen functional groups attached to an aromatic ring is 1. The number of nitrogens with two attached hydrogens (primary N) is 1. The molecule has 0 fully saturated rings. The highest BCUT2D eigenvalue weighted by atomic mass is 16.2. The molecule has 1 aromatic heterocycles. The lowest BCUT2D eigenvalue weighted by Crippen LogP contribution is -2.36. The lowest BCUT2D eigenvalue weighted by molar-refractivity contribution is 0.0976. The molecule has 1 aromatic carbocycles. The minimum atomic E-state index is -0.0958. The molecule has 0 atom stereocenters. The van der Waals surface area contributed by atoms with Gasteiger partial charge in [0.25, 0.3) is 5.91 Å². The van der Waals surface area contributed by atoms with Crippen LogP contribution in [0.3, 0.4) is 0 Å². The Kier molecular flexibility index (Phi) is 3.48. The maximum atomic E-state index is 12.9. The Morgan fingerprint density at radius 3 is 2.73 bits per heavy atom. The largest absolute Gasteiger partial charge is 0.398 e. The fourth-order valence-electron chi connectivity index (χ4n) is 2.97. The summed E-state index contributed by atoms with van der Waals surface area (Å²) in [7, 11) is 1.78. The number of hydrogen-bond donors (Lipinski definition) is 1. The van der Waals surface area contributed by atoms with Gasteiger partial charge in [-0.15, -0.1) is 0 Å². The van der Waals surface area contributed by atoms with Crippen molar-refractivity contribution >= 4 is 23.1 Å². The molecule has 0 bridgehead atoms. The molecule has 114 valence electrons. The number of hydrogen-bond acceptors (Lipinski definition) is 3. The predicted molar refractivity (Wildman–Crippen MR) is 86.3 cm³/mol. The number of carbonyl (C=O) groups is 2. The van der Waals surface area contributed by atoms with E-state index >= 15 is 0 Å². The molecule has 2 aromatic rings. The van der Waals surface area contributed by atoms with Crippen LogP contribution in [-0.2, 0) is 13.5 Å². The Bertz CT molecular complexity index is 761. The highest BCUT2D eigenvalue weighted by Crippen LogP contribution is 2.32. The second-order valence-electron chi connectivity index (χ2n) is 5.69. The van der Waals surface area contributed by atoms with Gasteiger partial charge in [0.15, 0.2) is 5.78 Å². The molecule has 1 aliphatic rings. The molecule has 5 heteroatoms. The van der Waals surface area contributed by atoms with E-state index in [4.69, 9.17) is 5.73 Å². The van der Waals surface area contributed by atoms with Crippen molar-refractivity contribution in [3.8, 4) is 0 Å². The number of anilines is 2. The first-order chi connectivity index (χ1) is 10.5. The van der Waals surface area contributed by atoms with Crippen molar-refractivity contribution in [1.29, 1.82) is 0 Å². The molecule has 2 N–H and O–H groups in total. The van der Waals surface area contributed by atoms with Crippen LogP contribution in [0, 0.1) is 0 Å². The summed E-state index contributed by atoms with van der Waals surface area (Å²) in [6.07, 6.45) is 3.47. The summed E-state index contributed by atoms with van der Waals surface area (Å²) in [6.45, 7) is 2.16. The number of benzene rings is 1. The van der Waals surface area contributed by atoms with Gasteiger partial charge >= 0.3 is 0 Å². The van der Waals surface area contributed by atoms with Crippen molar-refractivity contribution in [1.82, 2.24) is 4.57 Å². The lowest BCUT2D eigenvalue weighted by Gasteiger charge is -2.30. The molecule has 2 heterocycles. The Balaban J connectivity index is 2.01. The number of aromatic nitrogens is 1. The van der Waals surface area contributed by atoms with Gasteiger partial charge in [-0.3, -0.25) is 9.59 Å². The molecule has 5 nitrogen and oxygen atoms in total. The first kappa shape index (κ1) is 14.4. The van der Waals surface area contributed by atoms with Crippen LogP contribution < -0.4 is 10.6 Å². The summed E-state index contributed by atoms with van der Waals surface area (Å²) >= 11 is 0. The van der Waals surface area contributed by atoms with Gasteiger partial charge < -0.3 is 15.2 Å². The maximum absolute atomic E-state index is 12.9. The average molecular weight is 297 g/mol. The summed E-state index contributed by atoms with van der Waals surface area (Å²) < 4.78 is 1.71. The number of carbonyl (C=O) groups excluding carboxylic acids is 2. The van der Waals surface area contributed by atoms with Gasteiger partial charge in [0.2, 0.25) is 0 Å². The van der Waals surface area contributed by atoms with Gasteiger partial charge in [-0.2, -0.15) is 0 Å². The molecule has 0 aliphatic carbocycles. The SMILES string of the molecule is CC(=O)c1cc(C(=O)N2CCCc3c(N)cccc32)n(C)c1. The summed E-state index contributed by atoms with van der Waals surface area (Å²) in [4.78, 5) is 26.1. The number of ketones is 1. The van der Waals surface area contributed by atoms with Gasteiger partial charge in [-0.05, 0) is 43.5 Å². The molecular weight excluding hydrogens is 278 g/mol. The van der Waals surface area contributed by atoms with Crippen LogP contribution in [0.25, 0.3) is 0 Å². The van der Waals surface area contributed by atoms with E-state index in [2.05, 4.69) is 0 Å². The van der Waals surface area contributed by atoms with Gasteiger partial charge in [-0.25, -0.2) is 0 Å². The van der Waals surface area contributed by atoms with Gasteiger partial charge in [0.05, 0.1) is 0 Å². The second kappa shape index (κ2) is 5.33. The molecule has 0 saturated carbocycles. The van der Waals surface area contributed by atoms with Crippen molar-refractivity contribution in [2.24, 2.45) is 7.05 Å². The van der Waals surface area contributed by atoms with Crippen LogP contribution in [0.2, 0.25) is 0 Å². The standard InChI is InChI=1S/C17H19N3O2/c1-11(21)12-9-16(19(2)10-12)17(22)20-8-4-5-13-14(18)6-3-7-15(13)20/h3,6-7,9-10H,4-5,8,18H2,1-2H3. The van der Waals surface area contributed by atoms with Crippen LogP contribution >= 0.6 is 0 Å². The van der Waals surface area contributed by atoms with E-state index in [0.717, 1.165) is 29.8 Å². The average Bonchev–Trinajstić information content (AvgIpc) is 2.89. The third kappa shape index (κ3) is 2.28. The zero-order valence-electron chi connectivity index (χ0n) is 12.8. The zero-order chi connectivity index (χ0) is 15.9. The Morgan fingerprint density at radius 2 is 2.05 bits per heavy atom. The molecular formula is C17H19N3O2. The minimum absolute atomic E-state index is 0.0436. The number of amides is 1. The molecule has 0 radical (unpaired) electrons. The van der Waals surface area contributed by atoms with Gasteiger partial charge in [0.1, 0.15) is 5.69 Å². The molecule has 1 aliphatic heterocycles. The van der Waals surface area contributed by atoms with Crippen molar-refractivity contribution in [3.05, 3.63) is 47.3 Å². The summed E-state index contributed by atoms with van der Waals surface area (Å²) in [5.41, 5.74) is 9.73. The van der Waals surface area contributed by atoms with Crippen LogP contribution in [0.5, 0.6) is 0 Å². The van der Waals surface area contributed by atoms with E-state index in [1.165, 1.54) is 6.92 Å². The first-order valence-electron chi connectivity index (χ1n) is 7.35. The van der Waals surface area contributed by atoms with E-state index in [-0.39, 0.29) is 11.7 Å². The van der Waals surface area contributed by atoms with Gasteiger partial charge in [0, 0.05) is 36.7 Å². The quantitative estimate of drug-likeness (QED) is 0.683. The monoisotopic (exact) mass is 297 g/mol. The van der Waals surface area contributed by atoms with E-state index in [1.807, 2.05) is 18.2 Å². The molecule has 3 rings (SSSR count). The molecule has 1 amide bonds. The maximum Gasteiger partial charge on any atom is 0.274 e. The molecule has 0 spiro atoms. The third-order valence-electron chi connectivity index (χ3n) is 4.16. The van der Waals surface area contributed by atoms with Crippen LogP contribution in [0.15, 0.2) is 30.5 Å². The summed E-state index contributed by atoms with van der Waals surface area (Å²) in [5, 5.41) is 0. The van der Waals surface area contributed by atoms with E-state index < -0.39 is 0 Å². The fraction of sp³-hybridized carbons (Fsp3) is 0.294. The number of rotatable bonds is 2. The van der Waals surface area contributed by atoms with Crippen molar-refractivity contribution in [2.45, 2.75) is 19.8 Å². The van der Waals surface area contributed by atoms with Gasteiger partial charge in [-0.1, -0.05) is 6.07 Å². The summed E-state index contributed by atoms with van der Waals surface area (Å²) in [5.74, 6) is -0.139. The number of aryl methyl sites for hydroxylation is 1. The lowest BCUT2D eigenvalue weighted by atomic mass is 9.99. The highest BCUT2D eigenvalue weighted by molar-refractivity contribution is 6.08. The highest BCUT2D eigenvalue weighted by Gasteiger charge is 2.26. The Hall–Kier alpha value is -2.56. The van der Waals surface area contributed by atoms with E-state index in [1.54, 1.807) is 28.8 Å². The number of fused-ring (bicyclic) bond motifs is 1. The van der Waals surface area contributed by atoms with Crippen LogP contribution in [0.1, 0.15) is 39.8 Å². The van der Waals surface area contributed by atoms with Crippen molar-refractivity contribution in [2.75, 3.05) is 17.2 Å². The Morgan fingerprint density at radius 1 is 1.27 bits per heavy atom. The first-order valence-corrected chi connectivity index (χ1v) is 7.35. The minimum Gasteiger partial charge on any atom is -0.398 e. The topological polar surface area (TPSA) is 68.3 Å². The fourth-order valence-corrected chi connectivity index (χ4v) is 2.97. The van der Waals surface area contributed by atoms with E-state index in [9.17, 15) is 9.59 Å². The second-order valence-corrected chi connectivity index (χ2v) is 5.69. The number of Topliss-reactive ketones (excluding diaryl/α,β-unsaturated/α-hetero) is 1. The molecule has 22 heavy (non-hydrogen) atoms.